The molecule has 0 aliphatic carbocycles. The van der Waals surface area contributed by atoms with Gasteiger partial charge in [0.2, 0.25) is 0 Å². The second-order valence-corrected chi connectivity index (χ2v) is 2.32. The maximum absolute atomic E-state index is 11.5. The van der Waals surface area contributed by atoms with Crippen LogP contribution in [0.5, 0.6) is 0 Å². The van der Waals surface area contributed by atoms with Crippen LogP contribution in [0.1, 0.15) is 13.3 Å². The minimum absolute atomic E-state index is 1.04. The van der Waals surface area contributed by atoms with E-state index in [1.165, 1.54) is 6.07 Å². The predicted octanol–water partition coefficient (Wildman–Crippen LogP) is 1.18. The van der Waals surface area contributed by atoms with Gasteiger partial charge in [0.15, 0.2) is 0 Å². The van der Waals surface area contributed by atoms with Crippen molar-refractivity contribution in [1.82, 2.24) is 0 Å². The lowest BCUT2D eigenvalue weighted by Gasteiger charge is -2.16. The molecule has 0 heterocycles. The van der Waals surface area contributed by atoms with Crippen LogP contribution in [0.2, 0.25) is 0 Å². The van der Waals surface area contributed by atoms with Crippen LogP contribution in [0.3, 0.4) is 0 Å². The summed E-state index contributed by atoms with van der Waals surface area (Å²) < 4.78 is 34.5. The van der Waals surface area contributed by atoms with Crippen LogP contribution in [0.15, 0.2) is 0 Å². The number of halogens is 3. The standard InChI is InChI=1S/C5H7F3N2/c1-4(10,3-9)2-5(6,7)8/h2,10H2,1H3. The zero-order chi connectivity index (χ0) is 8.41. The molecular formula is C5H7F3N2. The lowest BCUT2D eigenvalue weighted by Crippen LogP contribution is -2.39. The second-order valence-electron chi connectivity index (χ2n) is 2.32. The van der Waals surface area contributed by atoms with E-state index in [2.05, 4.69) is 0 Å². The smallest absolute Gasteiger partial charge is 0.313 e. The van der Waals surface area contributed by atoms with Crippen LogP contribution < -0.4 is 5.73 Å². The summed E-state index contributed by atoms with van der Waals surface area (Å²) in [5, 5.41) is 8.08. The predicted molar refractivity (Wildman–Crippen MR) is 28.9 cm³/mol. The normalized spacial score (nSPS) is 17.6. The van der Waals surface area contributed by atoms with Crippen molar-refractivity contribution in [3.63, 3.8) is 0 Å². The summed E-state index contributed by atoms with van der Waals surface area (Å²) in [5.74, 6) is 0. The van der Waals surface area contributed by atoms with Crippen LogP contribution in [-0.2, 0) is 0 Å². The molecule has 2 nitrogen and oxygen atoms in total. The lowest BCUT2D eigenvalue weighted by atomic mass is 10.0. The average molecular weight is 152 g/mol. The third kappa shape index (κ3) is 4.15. The van der Waals surface area contributed by atoms with Crippen molar-refractivity contribution in [2.24, 2.45) is 5.73 Å². The third-order valence-corrected chi connectivity index (χ3v) is 0.823. The molecule has 0 radical (unpaired) electrons. The molecule has 0 aromatic carbocycles. The Labute approximate surface area is 56.4 Å². The number of hydrogen-bond acceptors (Lipinski definition) is 2. The van der Waals surface area contributed by atoms with Crippen molar-refractivity contribution >= 4 is 0 Å². The summed E-state index contributed by atoms with van der Waals surface area (Å²) in [7, 11) is 0. The first-order valence-electron chi connectivity index (χ1n) is 2.54. The zero-order valence-corrected chi connectivity index (χ0v) is 5.37. The van der Waals surface area contributed by atoms with Gasteiger partial charge in [-0.3, -0.25) is 0 Å². The second kappa shape index (κ2) is 2.46. The monoisotopic (exact) mass is 152 g/mol. The summed E-state index contributed by atoms with van der Waals surface area (Å²) in [6.07, 6.45) is -5.63. The lowest BCUT2D eigenvalue weighted by molar-refractivity contribution is -0.141. The van der Waals surface area contributed by atoms with E-state index in [0.29, 0.717) is 0 Å². The third-order valence-electron chi connectivity index (χ3n) is 0.823. The Morgan fingerprint density at radius 3 is 2.00 bits per heavy atom. The van der Waals surface area contributed by atoms with E-state index in [-0.39, 0.29) is 0 Å². The number of hydrogen-bond donors (Lipinski definition) is 1. The molecule has 0 saturated carbocycles. The van der Waals surface area contributed by atoms with E-state index >= 15 is 0 Å². The maximum atomic E-state index is 11.5. The summed E-state index contributed by atoms with van der Waals surface area (Å²) in [5.41, 5.74) is 3.13. The van der Waals surface area contributed by atoms with Crippen molar-refractivity contribution in [3.05, 3.63) is 0 Å². The van der Waals surface area contributed by atoms with E-state index in [1.54, 1.807) is 0 Å². The van der Waals surface area contributed by atoms with Gasteiger partial charge in [-0.15, -0.1) is 0 Å². The zero-order valence-electron chi connectivity index (χ0n) is 5.37. The highest BCUT2D eigenvalue weighted by atomic mass is 19.4. The average Bonchev–Trinajstić information content (AvgIpc) is 1.60. The molecule has 0 aliphatic rings. The molecule has 0 aromatic heterocycles. The summed E-state index contributed by atoms with van der Waals surface area (Å²) in [4.78, 5) is 0. The number of nitrogens with two attached hydrogens (primary N) is 1. The Morgan fingerprint density at radius 1 is 1.50 bits per heavy atom. The van der Waals surface area contributed by atoms with Gasteiger partial charge in [0.1, 0.15) is 5.54 Å². The SMILES string of the molecule is CC(N)(C#N)CC(F)(F)F. The molecule has 0 aliphatic heterocycles. The van der Waals surface area contributed by atoms with E-state index in [4.69, 9.17) is 11.0 Å². The highest BCUT2D eigenvalue weighted by Crippen LogP contribution is 2.25. The minimum Gasteiger partial charge on any atom is -0.313 e. The molecule has 0 rings (SSSR count). The molecule has 58 valence electrons. The van der Waals surface area contributed by atoms with Crippen molar-refractivity contribution in [3.8, 4) is 6.07 Å². The Kier molecular flexibility index (Phi) is 2.28. The van der Waals surface area contributed by atoms with Crippen molar-refractivity contribution in [1.29, 1.82) is 5.26 Å². The first-order valence-corrected chi connectivity index (χ1v) is 2.54. The molecule has 1 unspecified atom stereocenters. The Hall–Kier alpha value is -0.760. The summed E-state index contributed by atoms with van der Waals surface area (Å²) in [6.45, 7) is 1.04. The minimum atomic E-state index is -4.36. The first kappa shape index (κ1) is 9.24. The van der Waals surface area contributed by atoms with Crippen LogP contribution >= 0.6 is 0 Å². The fourth-order valence-corrected chi connectivity index (χ4v) is 0.456. The van der Waals surface area contributed by atoms with E-state index in [9.17, 15) is 13.2 Å². The molecule has 5 heteroatoms. The number of rotatable bonds is 1. The molecule has 0 fully saturated rings. The van der Waals surface area contributed by atoms with Gasteiger partial charge in [-0.05, 0) is 6.92 Å². The summed E-state index contributed by atoms with van der Waals surface area (Å²) in [6, 6.07) is 1.36. The molecular weight excluding hydrogens is 145 g/mol. The maximum Gasteiger partial charge on any atom is 0.391 e. The molecule has 0 bridgehead atoms. The van der Waals surface area contributed by atoms with E-state index in [1.807, 2.05) is 0 Å². The quantitative estimate of drug-likeness (QED) is 0.613. The largest absolute Gasteiger partial charge is 0.391 e. The van der Waals surface area contributed by atoms with Gasteiger partial charge in [0, 0.05) is 0 Å². The topological polar surface area (TPSA) is 49.8 Å². The van der Waals surface area contributed by atoms with Gasteiger partial charge in [-0.25, -0.2) is 0 Å². The molecule has 10 heavy (non-hydrogen) atoms. The molecule has 0 aromatic rings. The van der Waals surface area contributed by atoms with Gasteiger partial charge in [-0.1, -0.05) is 0 Å². The number of nitrogens with zero attached hydrogens (tertiary/aromatic N) is 1. The van der Waals surface area contributed by atoms with Gasteiger partial charge in [0.05, 0.1) is 12.5 Å². The van der Waals surface area contributed by atoms with Gasteiger partial charge in [-0.2, -0.15) is 18.4 Å². The molecule has 0 amide bonds. The van der Waals surface area contributed by atoms with E-state index in [0.717, 1.165) is 6.92 Å². The van der Waals surface area contributed by atoms with Crippen molar-refractivity contribution < 1.29 is 13.2 Å². The Morgan fingerprint density at radius 2 is 1.90 bits per heavy atom. The summed E-state index contributed by atoms with van der Waals surface area (Å²) >= 11 is 0. The fraction of sp³-hybridized carbons (Fsp3) is 0.800. The number of nitriles is 1. The molecule has 0 saturated heterocycles. The van der Waals surface area contributed by atoms with E-state index < -0.39 is 18.1 Å². The van der Waals surface area contributed by atoms with Crippen LogP contribution in [0.4, 0.5) is 13.2 Å². The highest BCUT2D eigenvalue weighted by molar-refractivity contribution is 5.02. The van der Waals surface area contributed by atoms with Gasteiger partial charge in [0.25, 0.3) is 0 Å². The highest BCUT2D eigenvalue weighted by Gasteiger charge is 2.36. The molecule has 2 N–H and O–H groups in total. The number of alkyl halides is 3. The fourth-order valence-electron chi connectivity index (χ4n) is 0.456. The van der Waals surface area contributed by atoms with Crippen molar-refractivity contribution in [2.45, 2.75) is 25.1 Å². The van der Waals surface area contributed by atoms with Crippen LogP contribution in [-0.4, -0.2) is 11.7 Å². The van der Waals surface area contributed by atoms with Gasteiger partial charge >= 0.3 is 6.18 Å². The van der Waals surface area contributed by atoms with Crippen LogP contribution in [0, 0.1) is 11.3 Å². The Balaban J connectivity index is 4.05. The van der Waals surface area contributed by atoms with Gasteiger partial charge < -0.3 is 5.73 Å². The van der Waals surface area contributed by atoms with Crippen molar-refractivity contribution in [2.75, 3.05) is 0 Å². The molecule has 0 spiro atoms. The van der Waals surface area contributed by atoms with Crippen LogP contribution in [0.25, 0.3) is 0 Å². The Bertz CT molecular complexity index is 153. The molecule has 1 atom stereocenters. The first-order chi connectivity index (χ1) is 4.27.